The largest absolute Gasteiger partial charge is 0.496 e. The second-order valence-corrected chi connectivity index (χ2v) is 5.68. The minimum Gasteiger partial charge on any atom is -0.496 e. The van der Waals surface area contributed by atoms with E-state index < -0.39 is 17.7 Å². The van der Waals surface area contributed by atoms with E-state index in [1.54, 1.807) is 0 Å². The van der Waals surface area contributed by atoms with Crippen molar-refractivity contribution in [3.63, 3.8) is 0 Å². The Morgan fingerprint density at radius 3 is 2.60 bits per heavy atom. The molecule has 1 aliphatic rings. The van der Waals surface area contributed by atoms with Crippen LogP contribution in [0.4, 0.5) is 8.78 Å². The van der Waals surface area contributed by atoms with Gasteiger partial charge in [0.15, 0.2) is 0 Å². The van der Waals surface area contributed by atoms with Gasteiger partial charge in [-0.3, -0.25) is 0 Å². The quantitative estimate of drug-likeness (QED) is 0.850. The third kappa shape index (κ3) is 3.58. The molecule has 2 rings (SSSR count). The summed E-state index contributed by atoms with van der Waals surface area (Å²) in [5.74, 6) is -0.522. The molecular weight excluding hydrogens is 328 g/mol. The van der Waals surface area contributed by atoms with Gasteiger partial charge in [0.1, 0.15) is 17.4 Å². The molecule has 20 heavy (non-hydrogen) atoms. The molecule has 1 unspecified atom stereocenters. The van der Waals surface area contributed by atoms with E-state index in [0.717, 1.165) is 19.3 Å². The highest BCUT2D eigenvalue weighted by molar-refractivity contribution is 9.10. The first-order chi connectivity index (χ1) is 9.63. The van der Waals surface area contributed by atoms with Crippen molar-refractivity contribution in [3.05, 3.63) is 45.6 Å². The molecular formula is C15H18BrF2NO. The van der Waals surface area contributed by atoms with Gasteiger partial charge < -0.3 is 10.1 Å². The smallest absolute Gasteiger partial charge is 0.132 e. The fourth-order valence-electron chi connectivity index (χ4n) is 2.24. The molecule has 0 amide bonds. The van der Waals surface area contributed by atoms with Gasteiger partial charge in [-0.1, -0.05) is 22.9 Å². The number of allylic oxidation sites excluding steroid dienone is 1. The van der Waals surface area contributed by atoms with Gasteiger partial charge in [-0.05, 0) is 44.0 Å². The van der Waals surface area contributed by atoms with Gasteiger partial charge in [0, 0.05) is 10.0 Å². The molecule has 110 valence electrons. The average Bonchev–Trinajstić information content (AvgIpc) is 2.42. The van der Waals surface area contributed by atoms with Crippen LogP contribution >= 0.6 is 15.9 Å². The molecule has 1 aliphatic heterocycles. The maximum absolute atomic E-state index is 14.2. The van der Waals surface area contributed by atoms with Gasteiger partial charge in [0.25, 0.3) is 0 Å². The van der Waals surface area contributed by atoms with E-state index in [1.165, 1.54) is 12.1 Å². The molecule has 0 spiro atoms. The van der Waals surface area contributed by atoms with Crippen molar-refractivity contribution in [2.75, 3.05) is 13.2 Å². The Morgan fingerprint density at radius 2 is 2.05 bits per heavy atom. The monoisotopic (exact) mass is 345 g/mol. The molecule has 1 N–H and O–H groups in total. The van der Waals surface area contributed by atoms with Gasteiger partial charge in [-0.2, -0.15) is 0 Å². The van der Waals surface area contributed by atoms with Crippen molar-refractivity contribution < 1.29 is 13.5 Å². The van der Waals surface area contributed by atoms with Crippen LogP contribution in [0.1, 0.15) is 37.8 Å². The van der Waals surface area contributed by atoms with E-state index in [0.29, 0.717) is 23.4 Å². The standard InChI is InChI=1S/C15H18BrF2NO/c1-2-6-19-15(13-5-3-4-7-20-13)14-11(17)8-10(16)9-12(14)18/h5,8-9,15,19H,2-4,6-7H2,1H3. The zero-order valence-corrected chi connectivity index (χ0v) is 13.0. The molecule has 5 heteroatoms. The van der Waals surface area contributed by atoms with Crippen LogP contribution < -0.4 is 5.32 Å². The van der Waals surface area contributed by atoms with E-state index >= 15 is 0 Å². The Labute approximate surface area is 126 Å². The Morgan fingerprint density at radius 1 is 1.35 bits per heavy atom. The van der Waals surface area contributed by atoms with Crippen molar-refractivity contribution in [2.45, 2.75) is 32.2 Å². The molecule has 1 atom stereocenters. The van der Waals surface area contributed by atoms with E-state index in [4.69, 9.17) is 4.74 Å². The highest BCUT2D eigenvalue weighted by Crippen LogP contribution is 2.31. The van der Waals surface area contributed by atoms with Crippen molar-refractivity contribution in [1.82, 2.24) is 5.32 Å². The zero-order valence-electron chi connectivity index (χ0n) is 11.4. The number of nitrogens with one attached hydrogen (secondary N) is 1. The van der Waals surface area contributed by atoms with Gasteiger partial charge in [0.05, 0.1) is 12.6 Å². The Hall–Kier alpha value is -0.940. The summed E-state index contributed by atoms with van der Waals surface area (Å²) in [6, 6.07) is 1.99. The summed E-state index contributed by atoms with van der Waals surface area (Å²) in [5.41, 5.74) is 0.0230. The third-order valence-corrected chi connectivity index (χ3v) is 3.64. The molecule has 0 saturated heterocycles. The minimum absolute atomic E-state index is 0.0230. The molecule has 1 heterocycles. The van der Waals surface area contributed by atoms with Crippen LogP contribution in [0.5, 0.6) is 0 Å². The van der Waals surface area contributed by atoms with Gasteiger partial charge in [0.2, 0.25) is 0 Å². The predicted octanol–water partition coefficient (Wildman–Crippen LogP) is 4.46. The lowest BCUT2D eigenvalue weighted by Gasteiger charge is -2.26. The summed E-state index contributed by atoms with van der Waals surface area (Å²) in [6.07, 6.45) is 4.61. The third-order valence-electron chi connectivity index (χ3n) is 3.18. The predicted molar refractivity (Wildman–Crippen MR) is 78.4 cm³/mol. The summed E-state index contributed by atoms with van der Waals surface area (Å²) in [4.78, 5) is 0. The van der Waals surface area contributed by atoms with Crippen molar-refractivity contribution in [1.29, 1.82) is 0 Å². The SMILES string of the molecule is CCCNC(C1=CCCCO1)c1c(F)cc(Br)cc1F. The first-order valence-corrected chi connectivity index (χ1v) is 7.63. The van der Waals surface area contributed by atoms with E-state index in [2.05, 4.69) is 21.2 Å². The van der Waals surface area contributed by atoms with E-state index in [9.17, 15) is 8.78 Å². The van der Waals surface area contributed by atoms with Crippen LogP contribution in [-0.4, -0.2) is 13.2 Å². The summed E-state index contributed by atoms with van der Waals surface area (Å²) >= 11 is 3.10. The molecule has 2 nitrogen and oxygen atoms in total. The van der Waals surface area contributed by atoms with E-state index in [1.807, 2.05) is 13.0 Å². The zero-order chi connectivity index (χ0) is 14.5. The fraction of sp³-hybridized carbons (Fsp3) is 0.467. The first-order valence-electron chi connectivity index (χ1n) is 6.84. The topological polar surface area (TPSA) is 21.3 Å². The molecule has 0 saturated carbocycles. The van der Waals surface area contributed by atoms with Crippen molar-refractivity contribution in [3.8, 4) is 0 Å². The number of hydrogen-bond donors (Lipinski definition) is 1. The van der Waals surface area contributed by atoms with Crippen LogP contribution in [0.15, 0.2) is 28.4 Å². The van der Waals surface area contributed by atoms with Gasteiger partial charge in [-0.25, -0.2) is 8.78 Å². The minimum atomic E-state index is -0.569. The van der Waals surface area contributed by atoms with E-state index in [-0.39, 0.29) is 5.56 Å². The van der Waals surface area contributed by atoms with Crippen molar-refractivity contribution >= 4 is 15.9 Å². The molecule has 0 radical (unpaired) electrons. The summed E-state index contributed by atoms with van der Waals surface area (Å²) < 4.78 is 34.3. The fourth-order valence-corrected chi connectivity index (χ4v) is 2.64. The highest BCUT2D eigenvalue weighted by atomic mass is 79.9. The van der Waals surface area contributed by atoms with Crippen LogP contribution in [0.25, 0.3) is 0 Å². The van der Waals surface area contributed by atoms with Crippen LogP contribution in [0.3, 0.4) is 0 Å². The Bertz CT molecular complexity index is 482. The first kappa shape index (κ1) is 15.4. The number of hydrogen-bond acceptors (Lipinski definition) is 2. The Kier molecular flexibility index (Phi) is 5.54. The van der Waals surface area contributed by atoms with Crippen LogP contribution in [0, 0.1) is 11.6 Å². The second kappa shape index (κ2) is 7.18. The maximum Gasteiger partial charge on any atom is 0.132 e. The summed E-state index contributed by atoms with van der Waals surface area (Å²) in [7, 11) is 0. The summed E-state index contributed by atoms with van der Waals surface area (Å²) in [5, 5.41) is 3.17. The molecule has 0 aromatic heterocycles. The van der Waals surface area contributed by atoms with Crippen LogP contribution in [-0.2, 0) is 4.74 Å². The summed E-state index contributed by atoms with van der Waals surface area (Å²) in [6.45, 7) is 3.27. The second-order valence-electron chi connectivity index (χ2n) is 4.77. The highest BCUT2D eigenvalue weighted by Gasteiger charge is 2.26. The molecule has 1 aromatic carbocycles. The molecule has 0 bridgehead atoms. The maximum atomic E-state index is 14.2. The lowest BCUT2D eigenvalue weighted by atomic mass is 10.0. The Balaban J connectivity index is 2.38. The molecule has 0 fully saturated rings. The normalized spacial score (nSPS) is 16.5. The van der Waals surface area contributed by atoms with Crippen molar-refractivity contribution in [2.24, 2.45) is 0 Å². The lowest BCUT2D eigenvalue weighted by Crippen LogP contribution is -2.28. The number of halogens is 3. The average molecular weight is 346 g/mol. The lowest BCUT2D eigenvalue weighted by molar-refractivity contribution is 0.165. The number of benzene rings is 1. The van der Waals surface area contributed by atoms with Crippen LogP contribution in [0.2, 0.25) is 0 Å². The number of ether oxygens (including phenoxy) is 1. The van der Waals surface area contributed by atoms with Gasteiger partial charge in [-0.15, -0.1) is 0 Å². The molecule has 1 aromatic rings. The van der Waals surface area contributed by atoms with Gasteiger partial charge >= 0.3 is 0 Å². The number of rotatable bonds is 5. The molecule has 0 aliphatic carbocycles.